The molecule has 122 valence electrons. The SMILES string of the molecule is COCOc1ccc2c(c1)OC[C@](C)(c1ccc(C)cc1)[C@@H]2C. The molecular weight excluding hydrogens is 288 g/mol. The van der Waals surface area contributed by atoms with Gasteiger partial charge in [-0.1, -0.05) is 49.7 Å². The Morgan fingerprint density at radius 3 is 2.61 bits per heavy atom. The highest BCUT2D eigenvalue weighted by atomic mass is 16.7. The van der Waals surface area contributed by atoms with Gasteiger partial charge < -0.3 is 14.2 Å². The van der Waals surface area contributed by atoms with E-state index in [4.69, 9.17) is 14.2 Å². The van der Waals surface area contributed by atoms with Gasteiger partial charge in [0.25, 0.3) is 0 Å². The molecule has 1 aliphatic heterocycles. The molecule has 0 N–H and O–H groups in total. The second-order valence-electron chi connectivity index (χ2n) is 6.54. The number of rotatable bonds is 4. The summed E-state index contributed by atoms with van der Waals surface area (Å²) in [5, 5.41) is 0. The molecule has 1 heterocycles. The number of fused-ring (bicyclic) bond motifs is 1. The van der Waals surface area contributed by atoms with Crippen LogP contribution in [-0.4, -0.2) is 20.5 Å². The summed E-state index contributed by atoms with van der Waals surface area (Å²) in [5.74, 6) is 2.05. The van der Waals surface area contributed by atoms with Gasteiger partial charge in [0.15, 0.2) is 6.79 Å². The third-order valence-corrected chi connectivity index (χ3v) is 4.99. The monoisotopic (exact) mass is 312 g/mol. The fraction of sp³-hybridized carbons (Fsp3) is 0.400. The Morgan fingerprint density at radius 2 is 1.91 bits per heavy atom. The molecule has 0 bridgehead atoms. The minimum Gasteiger partial charge on any atom is -0.492 e. The Morgan fingerprint density at radius 1 is 1.17 bits per heavy atom. The minimum absolute atomic E-state index is 0.0321. The van der Waals surface area contributed by atoms with Gasteiger partial charge in [-0.15, -0.1) is 0 Å². The van der Waals surface area contributed by atoms with Gasteiger partial charge in [0.2, 0.25) is 0 Å². The molecule has 1 aliphatic rings. The van der Waals surface area contributed by atoms with Crippen molar-refractivity contribution in [1.82, 2.24) is 0 Å². The van der Waals surface area contributed by atoms with Crippen molar-refractivity contribution in [3.8, 4) is 11.5 Å². The van der Waals surface area contributed by atoms with Crippen molar-refractivity contribution in [2.75, 3.05) is 20.5 Å². The maximum atomic E-state index is 6.09. The molecule has 0 aliphatic carbocycles. The van der Waals surface area contributed by atoms with E-state index in [0.29, 0.717) is 12.5 Å². The summed E-state index contributed by atoms with van der Waals surface area (Å²) in [6, 6.07) is 14.8. The van der Waals surface area contributed by atoms with E-state index in [-0.39, 0.29) is 12.2 Å². The van der Waals surface area contributed by atoms with Gasteiger partial charge in [0.1, 0.15) is 11.5 Å². The molecule has 2 aromatic carbocycles. The third-order valence-electron chi connectivity index (χ3n) is 4.99. The molecule has 23 heavy (non-hydrogen) atoms. The molecule has 3 rings (SSSR count). The van der Waals surface area contributed by atoms with Crippen LogP contribution in [0.2, 0.25) is 0 Å². The minimum atomic E-state index is -0.0321. The first-order valence-corrected chi connectivity index (χ1v) is 8.00. The predicted molar refractivity (Wildman–Crippen MR) is 91.4 cm³/mol. The summed E-state index contributed by atoms with van der Waals surface area (Å²) in [4.78, 5) is 0. The smallest absolute Gasteiger partial charge is 0.188 e. The van der Waals surface area contributed by atoms with Crippen LogP contribution in [0, 0.1) is 6.92 Å². The Balaban J connectivity index is 1.91. The Labute approximate surface area is 138 Å². The highest BCUT2D eigenvalue weighted by molar-refractivity contribution is 5.47. The van der Waals surface area contributed by atoms with Gasteiger partial charge in [0, 0.05) is 18.6 Å². The van der Waals surface area contributed by atoms with Crippen LogP contribution in [0.5, 0.6) is 11.5 Å². The van der Waals surface area contributed by atoms with Crippen LogP contribution in [-0.2, 0) is 10.2 Å². The molecule has 0 spiro atoms. The van der Waals surface area contributed by atoms with Crippen molar-refractivity contribution in [1.29, 1.82) is 0 Å². The number of aryl methyl sites for hydroxylation is 1. The van der Waals surface area contributed by atoms with E-state index in [1.165, 1.54) is 16.7 Å². The van der Waals surface area contributed by atoms with Crippen LogP contribution < -0.4 is 9.47 Å². The van der Waals surface area contributed by atoms with E-state index in [0.717, 1.165) is 11.5 Å². The second-order valence-corrected chi connectivity index (χ2v) is 6.54. The lowest BCUT2D eigenvalue weighted by Crippen LogP contribution is -2.39. The molecule has 3 nitrogen and oxygen atoms in total. The predicted octanol–water partition coefficient (Wildman–Crippen LogP) is 4.43. The zero-order valence-corrected chi connectivity index (χ0v) is 14.3. The molecule has 0 saturated carbocycles. The average Bonchev–Trinajstić information content (AvgIpc) is 2.57. The Bertz CT molecular complexity index is 678. The largest absolute Gasteiger partial charge is 0.492 e. The van der Waals surface area contributed by atoms with Crippen molar-refractivity contribution in [2.24, 2.45) is 0 Å². The van der Waals surface area contributed by atoms with E-state index in [9.17, 15) is 0 Å². The van der Waals surface area contributed by atoms with Gasteiger partial charge in [-0.3, -0.25) is 0 Å². The van der Waals surface area contributed by atoms with Gasteiger partial charge in [0.05, 0.1) is 6.61 Å². The maximum absolute atomic E-state index is 6.09. The maximum Gasteiger partial charge on any atom is 0.188 e. The first-order valence-electron chi connectivity index (χ1n) is 8.00. The number of ether oxygens (including phenoxy) is 3. The number of hydrogen-bond acceptors (Lipinski definition) is 3. The van der Waals surface area contributed by atoms with Crippen molar-refractivity contribution in [2.45, 2.75) is 32.1 Å². The summed E-state index contributed by atoms with van der Waals surface area (Å²) in [6.45, 7) is 7.58. The van der Waals surface area contributed by atoms with Crippen LogP contribution >= 0.6 is 0 Å². The van der Waals surface area contributed by atoms with Gasteiger partial charge >= 0.3 is 0 Å². The highest BCUT2D eigenvalue weighted by Crippen LogP contribution is 2.47. The normalized spacial score (nSPS) is 23.0. The fourth-order valence-electron chi connectivity index (χ4n) is 3.18. The molecule has 0 aromatic heterocycles. The van der Waals surface area contributed by atoms with Crippen molar-refractivity contribution in [3.63, 3.8) is 0 Å². The van der Waals surface area contributed by atoms with E-state index >= 15 is 0 Å². The summed E-state index contributed by atoms with van der Waals surface area (Å²) in [5.41, 5.74) is 3.79. The number of methoxy groups -OCH3 is 1. The summed E-state index contributed by atoms with van der Waals surface area (Å²) >= 11 is 0. The first kappa shape index (κ1) is 15.9. The average molecular weight is 312 g/mol. The zero-order chi connectivity index (χ0) is 16.4. The Kier molecular flexibility index (Phi) is 4.31. The van der Waals surface area contributed by atoms with Gasteiger partial charge in [-0.05, 0) is 30.0 Å². The molecule has 0 unspecified atom stereocenters. The van der Waals surface area contributed by atoms with Crippen molar-refractivity contribution in [3.05, 3.63) is 59.2 Å². The van der Waals surface area contributed by atoms with E-state index in [2.05, 4.69) is 51.1 Å². The Hall–Kier alpha value is -2.00. The zero-order valence-electron chi connectivity index (χ0n) is 14.3. The molecule has 2 aromatic rings. The number of hydrogen-bond donors (Lipinski definition) is 0. The van der Waals surface area contributed by atoms with Crippen LogP contribution in [0.15, 0.2) is 42.5 Å². The lowest BCUT2D eigenvalue weighted by Gasteiger charge is -2.41. The second kappa shape index (κ2) is 6.25. The molecule has 0 amide bonds. The lowest BCUT2D eigenvalue weighted by atomic mass is 9.69. The molecule has 0 fully saturated rings. The first-order chi connectivity index (χ1) is 11.0. The number of benzene rings is 2. The van der Waals surface area contributed by atoms with Crippen LogP contribution in [0.1, 0.15) is 36.5 Å². The van der Waals surface area contributed by atoms with Gasteiger partial charge in [-0.25, -0.2) is 0 Å². The molecule has 3 heteroatoms. The topological polar surface area (TPSA) is 27.7 Å². The summed E-state index contributed by atoms with van der Waals surface area (Å²) < 4.78 is 16.5. The molecule has 0 radical (unpaired) electrons. The van der Waals surface area contributed by atoms with Crippen molar-refractivity contribution >= 4 is 0 Å². The van der Waals surface area contributed by atoms with Crippen LogP contribution in [0.25, 0.3) is 0 Å². The highest BCUT2D eigenvalue weighted by Gasteiger charge is 2.39. The lowest BCUT2D eigenvalue weighted by molar-refractivity contribution is 0.0507. The standard InChI is InChI=1S/C20H24O3/c1-14-5-7-16(8-6-14)20(3)12-22-19-11-17(23-13-21-4)9-10-18(19)15(20)2/h5-11,15H,12-13H2,1-4H3/t15-,20+/m1/s1. The molecule has 2 atom stereocenters. The van der Waals surface area contributed by atoms with Crippen LogP contribution in [0.4, 0.5) is 0 Å². The summed E-state index contributed by atoms with van der Waals surface area (Å²) in [6.07, 6.45) is 0. The van der Waals surface area contributed by atoms with Crippen molar-refractivity contribution < 1.29 is 14.2 Å². The summed E-state index contributed by atoms with van der Waals surface area (Å²) in [7, 11) is 1.62. The fourth-order valence-corrected chi connectivity index (χ4v) is 3.18. The van der Waals surface area contributed by atoms with E-state index in [1.807, 2.05) is 12.1 Å². The quantitative estimate of drug-likeness (QED) is 0.782. The molecular formula is C20H24O3. The third kappa shape index (κ3) is 2.93. The van der Waals surface area contributed by atoms with Crippen LogP contribution in [0.3, 0.4) is 0 Å². The van der Waals surface area contributed by atoms with E-state index in [1.54, 1.807) is 7.11 Å². The molecule has 0 saturated heterocycles. The van der Waals surface area contributed by atoms with E-state index < -0.39 is 0 Å². The van der Waals surface area contributed by atoms with Gasteiger partial charge in [-0.2, -0.15) is 0 Å².